The van der Waals surface area contributed by atoms with Gasteiger partial charge in [0, 0.05) is 5.39 Å². The standard InChI is InChI=1S/C15H15FO/c1-9-8-13(9)15(17)12-6-7-14(16)11-5-3-2-4-10(11)12/h2-7,9,13,15,17H,8H2,1H3. The van der Waals surface area contributed by atoms with E-state index in [0.29, 0.717) is 17.2 Å². The van der Waals surface area contributed by atoms with Gasteiger partial charge < -0.3 is 5.11 Å². The lowest BCUT2D eigenvalue weighted by Gasteiger charge is -2.13. The summed E-state index contributed by atoms with van der Waals surface area (Å²) < 4.78 is 13.6. The summed E-state index contributed by atoms with van der Waals surface area (Å²) in [6.45, 7) is 2.14. The molecule has 2 heteroatoms. The molecule has 0 saturated heterocycles. The van der Waals surface area contributed by atoms with E-state index in [-0.39, 0.29) is 5.82 Å². The average Bonchev–Trinajstić information content (AvgIpc) is 3.07. The molecule has 17 heavy (non-hydrogen) atoms. The Morgan fingerprint density at radius 1 is 1.18 bits per heavy atom. The van der Waals surface area contributed by atoms with Crippen molar-refractivity contribution in [1.82, 2.24) is 0 Å². The average molecular weight is 230 g/mol. The van der Waals surface area contributed by atoms with Gasteiger partial charge in [-0.05, 0) is 35.3 Å². The predicted octanol–water partition coefficient (Wildman–Crippen LogP) is 3.67. The van der Waals surface area contributed by atoms with Crippen LogP contribution in [0.25, 0.3) is 10.8 Å². The number of fused-ring (bicyclic) bond motifs is 1. The van der Waals surface area contributed by atoms with E-state index in [0.717, 1.165) is 17.4 Å². The van der Waals surface area contributed by atoms with Crippen LogP contribution in [0.5, 0.6) is 0 Å². The van der Waals surface area contributed by atoms with Crippen LogP contribution in [0.2, 0.25) is 0 Å². The van der Waals surface area contributed by atoms with Gasteiger partial charge in [-0.3, -0.25) is 0 Å². The Labute approximate surface area is 99.9 Å². The highest BCUT2D eigenvalue weighted by molar-refractivity contribution is 5.86. The summed E-state index contributed by atoms with van der Waals surface area (Å²) in [6.07, 6.45) is 0.600. The van der Waals surface area contributed by atoms with Crippen LogP contribution in [0.1, 0.15) is 25.0 Å². The summed E-state index contributed by atoms with van der Waals surface area (Å²) in [5, 5.41) is 11.7. The molecule has 1 nitrogen and oxygen atoms in total. The molecule has 0 amide bonds. The fraction of sp³-hybridized carbons (Fsp3) is 0.333. The predicted molar refractivity (Wildman–Crippen MR) is 66.1 cm³/mol. The van der Waals surface area contributed by atoms with Crippen LogP contribution in [0.3, 0.4) is 0 Å². The second-order valence-corrected chi connectivity index (χ2v) is 5.00. The van der Waals surface area contributed by atoms with Crippen molar-refractivity contribution in [3.63, 3.8) is 0 Å². The molecule has 1 fully saturated rings. The molecule has 3 unspecified atom stereocenters. The number of rotatable bonds is 2. The first-order valence-electron chi connectivity index (χ1n) is 6.03. The maximum atomic E-state index is 13.6. The Hall–Kier alpha value is -1.41. The Balaban J connectivity index is 2.13. The minimum Gasteiger partial charge on any atom is -0.388 e. The van der Waals surface area contributed by atoms with E-state index in [1.807, 2.05) is 18.2 Å². The lowest BCUT2D eigenvalue weighted by atomic mass is 9.97. The largest absolute Gasteiger partial charge is 0.388 e. The fourth-order valence-corrected chi connectivity index (χ4v) is 2.56. The molecule has 0 heterocycles. The maximum absolute atomic E-state index is 13.6. The van der Waals surface area contributed by atoms with E-state index >= 15 is 0 Å². The van der Waals surface area contributed by atoms with E-state index in [1.54, 1.807) is 12.1 Å². The SMILES string of the molecule is CC1CC1C(O)c1ccc(F)c2ccccc12. The first kappa shape index (κ1) is 10.7. The van der Waals surface area contributed by atoms with Gasteiger partial charge in [0.2, 0.25) is 0 Å². The molecule has 3 atom stereocenters. The van der Waals surface area contributed by atoms with Gasteiger partial charge in [0.1, 0.15) is 5.82 Å². The summed E-state index contributed by atoms with van der Waals surface area (Å²) >= 11 is 0. The molecule has 0 bridgehead atoms. The normalized spacial score (nSPS) is 24.9. The van der Waals surface area contributed by atoms with Crippen molar-refractivity contribution in [2.45, 2.75) is 19.4 Å². The molecule has 1 N–H and O–H groups in total. The number of halogens is 1. The van der Waals surface area contributed by atoms with E-state index in [4.69, 9.17) is 0 Å². The van der Waals surface area contributed by atoms with Crippen LogP contribution in [0.4, 0.5) is 4.39 Å². The highest BCUT2D eigenvalue weighted by atomic mass is 19.1. The highest BCUT2D eigenvalue weighted by Crippen LogP contribution is 2.48. The van der Waals surface area contributed by atoms with E-state index in [2.05, 4.69) is 6.92 Å². The number of benzene rings is 2. The lowest BCUT2D eigenvalue weighted by Crippen LogP contribution is -2.02. The number of aliphatic hydroxyl groups is 1. The van der Waals surface area contributed by atoms with Crippen molar-refractivity contribution < 1.29 is 9.50 Å². The van der Waals surface area contributed by atoms with Crippen LogP contribution in [0, 0.1) is 17.7 Å². The molecule has 0 spiro atoms. The third-order valence-electron chi connectivity index (χ3n) is 3.80. The molecule has 88 valence electrons. The maximum Gasteiger partial charge on any atom is 0.131 e. The van der Waals surface area contributed by atoms with Crippen molar-refractivity contribution in [3.8, 4) is 0 Å². The minimum atomic E-state index is -0.463. The summed E-state index contributed by atoms with van der Waals surface area (Å²) in [4.78, 5) is 0. The molecule has 1 saturated carbocycles. The second-order valence-electron chi connectivity index (χ2n) is 5.00. The Kier molecular flexibility index (Phi) is 2.40. The Morgan fingerprint density at radius 2 is 1.82 bits per heavy atom. The first-order chi connectivity index (χ1) is 8.18. The molecular weight excluding hydrogens is 215 g/mol. The third-order valence-corrected chi connectivity index (χ3v) is 3.80. The summed E-state index contributed by atoms with van der Waals surface area (Å²) in [6, 6.07) is 10.5. The quantitative estimate of drug-likeness (QED) is 0.834. The number of hydrogen-bond acceptors (Lipinski definition) is 1. The Bertz CT molecular complexity index is 564. The highest BCUT2D eigenvalue weighted by Gasteiger charge is 2.39. The van der Waals surface area contributed by atoms with Crippen LogP contribution in [-0.4, -0.2) is 5.11 Å². The van der Waals surface area contributed by atoms with E-state index < -0.39 is 6.10 Å². The van der Waals surface area contributed by atoms with E-state index in [9.17, 15) is 9.50 Å². The van der Waals surface area contributed by atoms with Crippen molar-refractivity contribution in [1.29, 1.82) is 0 Å². The van der Waals surface area contributed by atoms with Gasteiger partial charge in [0.15, 0.2) is 0 Å². The molecule has 2 aromatic rings. The zero-order valence-corrected chi connectivity index (χ0v) is 9.73. The van der Waals surface area contributed by atoms with Crippen LogP contribution < -0.4 is 0 Å². The van der Waals surface area contributed by atoms with Crippen LogP contribution in [0.15, 0.2) is 36.4 Å². The van der Waals surface area contributed by atoms with Gasteiger partial charge in [-0.2, -0.15) is 0 Å². The molecule has 0 aromatic heterocycles. The van der Waals surface area contributed by atoms with Crippen molar-refractivity contribution >= 4 is 10.8 Å². The first-order valence-corrected chi connectivity index (χ1v) is 6.03. The summed E-state index contributed by atoms with van der Waals surface area (Å²) in [5.41, 5.74) is 0.858. The zero-order chi connectivity index (χ0) is 12.0. The van der Waals surface area contributed by atoms with E-state index in [1.165, 1.54) is 6.07 Å². The van der Waals surface area contributed by atoms with Crippen molar-refractivity contribution in [2.24, 2.45) is 11.8 Å². The topological polar surface area (TPSA) is 20.2 Å². The number of hydrogen-bond donors (Lipinski definition) is 1. The molecule has 0 aliphatic heterocycles. The zero-order valence-electron chi connectivity index (χ0n) is 9.73. The van der Waals surface area contributed by atoms with Crippen molar-refractivity contribution in [3.05, 3.63) is 47.8 Å². The lowest BCUT2D eigenvalue weighted by molar-refractivity contribution is 0.149. The monoisotopic (exact) mass is 230 g/mol. The van der Waals surface area contributed by atoms with Gasteiger partial charge in [-0.15, -0.1) is 0 Å². The Morgan fingerprint density at radius 3 is 2.47 bits per heavy atom. The van der Waals surface area contributed by atoms with Crippen molar-refractivity contribution in [2.75, 3.05) is 0 Å². The molecule has 0 radical (unpaired) electrons. The van der Waals surface area contributed by atoms with Gasteiger partial charge in [-0.1, -0.05) is 37.3 Å². The fourth-order valence-electron chi connectivity index (χ4n) is 2.56. The molecule has 2 aromatic carbocycles. The van der Waals surface area contributed by atoms with Gasteiger partial charge in [-0.25, -0.2) is 4.39 Å². The number of aliphatic hydroxyl groups excluding tert-OH is 1. The van der Waals surface area contributed by atoms with Crippen LogP contribution in [-0.2, 0) is 0 Å². The van der Waals surface area contributed by atoms with Crippen LogP contribution >= 0.6 is 0 Å². The van der Waals surface area contributed by atoms with Gasteiger partial charge in [0.05, 0.1) is 6.10 Å². The third kappa shape index (κ3) is 1.73. The molecular formula is C15H15FO. The smallest absolute Gasteiger partial charge is 0.131 e. The van der Waals surface area contributed by atoms with Gasteiger partial charge in [0.25, 0.3) is 0 Å². The second kappa shape index (κ2) is 3.81. The molecule has 1 aliphatic rings. The van der Waals surface area contributed by atoms with Gasteiger partial charge >= 0.3 is 0 Å². The summed E-state index contributed by atoms with van der Waals surface area (Å²) in [7, 11) is 0. The summed E-state index contributed by atoms with van der Waals surface area (Å²) in [5.74, 6) is 0.693. The molecule has 3 rings (SSSR count). The molecule has 1 aliphatic carbocycles. The minimum absolute atomic E-state index is 0.222.